The van der Waals surface area contributed by atoms with Gasteiger partial charge in [0.2, 0.25) is 0 Å². The van der Waals surface area contributed by atoms with Gasteiger partial charge in [-0.1, -0.05) is 13.3 Å². The quantitative estimate of drug-likeness (QED) is 0.765. The van der Waals surface area contributed by atoms with E-state index in [-0.39, 0.29) is 0 Å². The highest BCUT2D eigenvalue weighted by molar-refractivity contribution is 4.91. The first-order valence-corrected chi connectivity index (χ1v) is 7.58. The second kappa shape index (κ2) is 5.71. The molecule has 0 amide bonds. The Labute approximate surface area is 107 Å². The molecule has 0 aromatic rings. The fourth-order valence-electron chi connectivity index (χ4n) is 3.60. The third-order valence-corrected chi connectivity index (χ3v) is 4.93. The van der Waals surface area contributed by atoms with Crippen LogP contribution in [0.2, 0.25) is 0 Å². The van der Waals surface area contributed by atoms with Crippen LogP contribution in [0.5, 0.6) is 0 Å². The first kappa shape index (κ1) is 13.4. The van der Waals surface area contributed by atoms with E-state index in [1.54, 1.807) is 0 Å². The SMILES string of the molecule is CCCC1(CN(C)C(C)C2CC2)CCCNC1. The smallest absolute Gasteiger partial charge is 0.00923 e. The van der Waals surface area contributed by atoms with Gasteiger partial charge in [-0.05, 0) is 64.0 Å². The van der Waals surface area contributed by atoms with Crippen LogP contribution in [0, 0.1) is 11.3 Å². The topological polar surface area (TPSA) is 15.3 Å². The summed E-state index contributed by atoms with van der Waals surface area (Å²) in [6.45, 7) is 8.52. The maximum atomic E-state index is 3.62. The molecule has 1 saturated carbocycles. The van der Waals surface area contributed by atoms with Crippen molar-refractivity contribution in [2.45, 2.75) is 58.4 Å². The van der Waals surface area contributed by atoms with Gasteiger partial charge in [-0.2, -0.15) is 0 Å². The van der Waals surface area contributed by atoms with Gasteiger partial charge >= 0.3 is 0 Å². The van der Waals surface area contributed by atoms with Gasteiger partial charge in [0.25, 0.3) is 0 Å². The molecule has 2 unspecified atom stereocenters. The second-order valence-electron chi connectivity index (χ2n) is 6.52. The molecule has 17 heavy (non-hydrogen) atoms. The molecule has 0 radical (unpaired) electrons. The molecular formula is C15H30N2. The van der Waals surface area contributed by atoms with Crippen molar-refractivity contribution in [2.75, 3.05) is 26.7 Å². The van der Waals surface area contributed by atoms with Crippen LogP contribution in [0.1, 0.15) is 52.4 Å². The van der Waals surface area contributed by atoms with Crippen molar-refractivity contribution >= 4 is 0 Å². The summed E-state index contributed by atoms with van der Waals surface area (Å²) in [4.78, 5) is 2.64. The Morgan fingerprint density at radius 3 is 2.71 bits per heavy atom. The lowest BCUT2D eigenvalue weighted by Gasteiger charge is -2.42. The second-order valence-corrected chi connectivity index (χ2v) is 6.52. The molecular weight excluding hydrogens is 208 g/mol. The summed E-state index contributed by atoms with van der Waals surface area (Å²) < 4.78 is 0. The van der Waals surface area contributed by atoms with Gasteiger partial charge in [0.05, 0.1) is 0 Å². The van der Waals surface area contributed by atoms with Crippen LogP contribution >= 0.6 is 0 Å². The number of nitrogens with zero attached hydrogens (tertiary/aromatic N) is 1. The molecule has 1 aliphatic carbocycles. The zero-order chi connectivity index (χ0) is 12.3. The van der Waals surface area contributed by atoms with Crippen LogP contribution in [0.3, 0.4) is 0 Å². The highest BCUT2D eigenvalue weighted by atomic mass is 15.1. The predicted molar refractivity (Wildman–Crippen MR) is 74.3 cm³/mol. The lowest BCUT2D eigenvalue weighted by Crippen LogP contribution is -2.48. The average Bonchev–Trinajstić information content (AvgIpc) is 3.13. The Hall–Kier alpha value is -0.0800. The highest BCUT2D eigenvalue weighted by Gasteiger charge is 2.36. The predicted octanol–water partition coefficient (Wildman–Crippen LogP) is 2.89. The molecule has 1 saturated heterocycles. The lowest BCUT2D eigenvalue weighted by molar-refractivity contribution is 0.0943. The van der Waals surface area contributed by atoms with E-state index in [9.17, 15) is 0 Å². The third-order valence-electron chi connectivity index (χ3n) is 4.93. The summed E-state index contributed by atoms with van der Waals surface area (Å²) in [6.07, 6.45) is 8.44. The van der Waals surface area contributed by atoms with E-state index in [1.807, 2.05) is 0 Å². The fraction of sp³-hybridized carbons (Fsp3) is 1.00. The van der Waals surface area contributed by atoms with Gasteiger partial charge in [-0.25, -0.2) is 0 Å². The molecule has 1 aliphatic heterocycles. The molecule has 0 aromatic heterocycles. The summed E-state index contributed by atoms with van der Waals surface area (Å²) in [5.74, 6) is 0.996. The average molecular weight is 238 g/mol. The highest BCUT2D eigenvalue weighted by Crippen LogP contribution is 2.38. The van der Waals surface area contributed by atoms with Crippen molar-refractivity contribution in [1.29, 1.82) is 0 Å². The number of nitrogens with one attached hydrogen (secondary N) is 1. The minimum Gasteiger partial charge on any atom is -0.316 e. The van der Waals surface area contributed by atoms with Crippen molar-refractivity contribution < 1.29 is 0 Å². The fourth-order valence-corrected chi connectivity index (χ4v) is 3.60. The standard InChI is InChI=1S/C15H30N2/c1-4-8-15(9-5-10-16-11-15)12-17(3)13(2)14-6-7-14/h13-14,16H,4-12H2,1-3H3. The summed E-state index contributed by atoms with van der Waals surface area (Å²) in [7, 11) is 2.34. The maximum absolute atomic E-state index is 3.62. The van der Waals surface area contributed by atoms with Crippen LogP contribution in [-0.4, -0.2) is 37.6 Å². The first-order chi connectivity index (χ1) is 8.17. The van der Waals surface area contributed by atoms with Gasteiger partial charge in [0.15, 0.2) is 0 Å². The molecule has 0 bridgehead atoms. The van der Waals surface area contributed by atoms with E-state index in [0.717, 1.165) is 12.0 Å². The van der Waals surface area contributed by atoms with Crippen molar-refractivity contribution in [3.63, 3.8) is 0 Å². The Morgan fingerprint density at radius 1 is 1.41 bits per heavy atom. The van der Waals surface area contributed by atoms with E-state index in [2.05, 4.69) is 31.1 Å². The van der Waals surface area contributed by atoms with Gasteiger partial charge in [0.1, 0.15) is 0 Å². The Balaban J connectivity index is 1.90. The van der Waals surface area contributed by atoms with E-state index in [4.69, 9.17) is 0 Å². The van der Waals surface area contributed by atoms with Crippen LogP contribution in [0.15, 0.2) is 0 Å². The number of hydrogen-bond donors (Lipinski definition) is 1. The molecule has 0 spiro atoms. The summed E-state index contributed by atoms with van der Waals surface area (Å²) >= 11 is 0. The maximum Gasteiger partial charge on any atom is 0.00923 e. The van der Waals surface area contributed by atoms with Crippen molar-refractivity contribution in [3.05, 3.63) is 0 Å². The minimum atomic E-state index is 0.560. The Morgan fingerprint density at radius 2 is 2.18 bits per heavy atom. The Kier molecular flexibility index (Phi) is 4.48. The summed E-state index contributed by atoms with van der Waals surface area (Å²) in [5.41, 5.74) is 0.560. The van der Waals surface area contributed by atoms with Gasteiger partial charge in [0, 0.05) is 19.1 Å². The van der Waals surface area contributed by atoms with Gasteiger partial charge in [-0.3, -0.25) is 0 Å². The first-order valence-electron chi connectivity index (χ1n) is 7.58. The third kappa shape index (κ3) is 3.45. The molecule has 100 valence electrons. The number of rotatable bonds is 6. The molecule has 1 heterocycles. The van der Waals surface area contributed by atoms with Gasteiger partial charge < -0.3 is 10.2 Å². The molecule has 2 aliphatic rings. The lowest BCUT2D eigenvalue weighted by atomic mass is 9.76. The zero-order valence-corrected chi connectivity index (χ0v) is 12.0. The zero-order valence-electron chi connectivity index (χ0n) is 12.0. The molecule has 1 N–H and O–H groups in total. The Bertz CT molecular complexity index is 224. The van der Waals surface area contributed by atoms with Crippen LogP contribution in [-0.2, 0) is 0 Å². The number of hydrogen-bond acceptors (Lipinski definition) is 2. The van der Waals surface area contributed by atoms with E-state index in [0.29, 0.717) is 5.41 Å². The van der Waals surface area contributed by atoms with Gasteiger partial charge in [-0.15, -0.1) is 0 Å². The van der Waals surface area contributed by atoms with Crippen LogP contribution < -0.4 is 5.32 Å². The van der Waals surface area contributed by atoms with E-state index >= 15 is 0 Å². The number of piperidine rings is 1. The summed E-state index contributed by atoms with van der Waals surface area (Å²) in [5, 5.41) is 3.62. The molecule has 2 heteroatoms. The van der Waals surface area contributed by atoms with E-state index in [1.165, 1.54) is 58.2 Å². The molecule has 2 atom stereocenters. The monoisotopic (exact) mass is 238 g/mol. The van der Waals surface area contributed by atoms with Crippen molar-refractivity contribution in [1.82, 2.24) is 10.2 Å². The summed E-state index contributed by atoms with van der Waals surface area (Å²) in [6, 6.07) is 0.797. The minimum absolute atomic E-state index is 0.560. The molecule has 0 aromatic carbocycles. The largest absolute Gasteiger partial charge is 0.316 e. The van der Waals surface area contributed by atoms with Crippen molar-refractivity contribution in [3.8, 4) is 0 Å². The normalized spacial score (nSPS) is 31.8. The molecule has 2 rings (SSSR count). The van der Waals surface area contributed by atoms with Crippen LogP contribution in [0.4, 0.5) is 0 Å². The van der Waals surface area contributed by atoms with Crippen LogP contribution in [0.25, 0.3) is 0 Å². The molecule has 2 nitrogen and oxygen atoms in total. The van der Waals surface area contributed by atoms with Crippen molar-refractivity contribution in [2.24, 2.45) is 11.3 Å². The van der Waals surface area contributed by atoms with E-state index < -0.39 is 0 Å². The molecule has 2 fully saturated rings.